The average molecular weight is 252 g/mol. The monoisotopic (exact) mass is 251 g/mol. The third kappa shape index (κ3) is 2.97. The minimum atomic E-state index is -0.0464. The quantitative estimate of drug-likeness (QED) is 0.744. The molecule has 3 heteroatoms. The first-order valence-electron chi connectivity index (χ1n) is 5.04. The van der Waals surface area contributed by atoms with Crippen LogP contribution in [0.2, 0.25) is 5.02 Å². The highest BCUT2D eigenvalue weighted by atomic mass is 35.5. The smallest absolute Gasteiger partial charge is 0.0640 e. The predicted molar refractivity (Wildman–Crippen MR) is 68.0 cm³/mol. The fourth-order valence-electron chi connectivity index (χ4n) is 1.51. The van der Waals surface area contributed by atoms with Gasteiger partial charge in [-0.05, 0) is 35.7 Å². The van der Waals surface area contributed by atoms with Crippen molar-refractivity contribution >= 4 is 23.2 Å². The van der Waals surface area contributed by atoms with Crippen LogP contribution >= 0.6 is 23.2 Å². The van der Waals surface area contributed by atoms with Crippen molar-refractivity contribution < 1.29 is 0 Å². The molecular weight excluding hydrogens is 241 g/mol. The van der Waals surface area contributed by atoms with E-state index in [9.17, 15) is 0 Å². The Bertz CT molecular complexity index is 439. The molecule has 1 atom stereocenters. The van der Waals surface area contributed by atoms with E-state index in [4.69, 9.17) is 23.2 Å². The molecule has 0 aliphatic carbocycles. The number of nitrogens with zero attached hydrogens (tertiary/aromatic N) is 1. The molecule has 0 aliphatic heterocycles. The third-order valence-electron chi connectivity index (χ3n) is 2.37. The molecule has 1 nitrogen and oxygen atoms in total. The molecule has 0 amide bonds. The Morgan fingerprint density at radius 1 is 1.12 bits per heavy atom. The molecule has 2 rings (SSSR count). The molecule has 0 spiro atoms. The minimum Gasteiger partial charge on any atom is -0.264 e. The maximum Gasteiger partial charge on any atom is 0.0640 e. The molecule has 0 radical (unpaired) electrons. The molecule has 0 bridgehead atoms. The molecule has 0 saturated heterocycles. The van der Waals surface area contributed by atoms with Crippen molar-refractivity contribution in [1.82, 2.24) is 4.98 Å². The maximum absolute atomic E-state index is 6.31. The SMILES string of the molecule is Clc1ccc(CC(Cl)c2cccnc2)cc1. The zero-order chi connectivity index (χ0) is 11.4. The van der Waals surface area contributed by atoms with E-state index >= 15 is 0 Å². The van der Waals surface area contributed by atoms with Crippen LogP contribution < -0.4 is 0 Å². The number of alkyl halides is 1. The van der Waals surface area contributed by atoms with E-state index in [1.807, 2.05) is 36.4 Å². The van der Waals surface area contributed by atoms with Gasteiger partial charge in [-0.15, -0.1) is 11.6 Å². The highest BCUT2D eigenvalue weighted by molar-refractivity contribution is 6.30. The molecule has 2 aromatic rings. The topological polar surface area (TPSA) is 12.9 Å². The van der Waals surface area contributed by atoms with E-state index in [2.05, 4.69) is 4.98 Å². The van der Waals surface area contributed by atoms with E-state index in [0.29, 0.717) is 0 Å². The summed E-state index contributed by atoms with van der Waals surface area (Å²) in [6, 6.07) is 11.6. The summed E-state index contributed by atoms with van der Waals surface area (Å²) in [5, 5.41) is 0.700. The first-order valence-corrected chi connectivity index (χ1v) is 5.85. The number of rotatable bonds is 3. The molecule has 0 N–H and O–H groups in total. The van der Waals surface area contributed by atoms with Crippen LogP contribution in [-0.4, -0.2) is 4.98 Å². The van der Waals surface area contributed by atoms with Crippen LogP contribution in [0.3, 0.4) is 0 Å². The molecule has 82 valence electrons. The minimum absolute atomic E-state index is 0.0464. The Hall–Kier alpha value is -1.05. The maximum atomic E-state index is 6.31. The van der Waals surface area contributed by atoms with Crippen LogP contribution in [0.15, 0.2) is 48.8 Å². The van der Waals surface area contributed by atoms with Crippen LogP contribution in [0.4, 0.5) is 0 Å². The lowest BCUT2D eigenvalue weighted by molar-refractivity contribution is 0.911. The van der Waals surface area contributed by atoms with Crippen LogP contribution in [-0.2, 0) is 6.42 Å². The number of hydrogen-bond donors (Lipinski definition) is 0. The number of aromatic nitrogens is 1. The Balaban J connectivity index is 2.08. The molecule has 0 fully saturated rings. The second-order valence-electron chi connectivity index (χ2n) is 3.58. The van der Waals surface area contributed by atoms with Gasteiger partial charge in [0.05, 0.1) is 5.38 Å². The normalized spacial score (nSPS) is 12.4. The lowest BCUT2D eigenvalue weighted by Gasteiger charge is -2.09. The largest absolute Gasteiger partial charge is 0.264 e. The second kappa shape index (κ2) is 5.33. The number of halogens is 2. The zero-order valence-corrected chi connectivity index (χ0v) is 10.1. The average Bonchev–Trinajstić information content (AvgIpc) is 2.33. The van der Waals surface area contributed by atoms with E-state index < -0.39 is 0 Å². The second-order valence-corrected chi connectivity index (χ2v) is 4.55. The fraction of sp³-hybridized carbons (Fsp3) is 0.154. The molecule has 0 aliphatic rings. The third-order valence-corrected chi connectivity index (χ3v) is 3.03. The molecule has 0 saturated carbocycles. The molecule has 1 aromatic carbocycles. The Kier molecular flexibility index (Phi) is 3.81. The van der Waals surface area contributed by atoms with E-state index in [-0.39, 0.29) is 5.38 Å². The lowest BCUT2D eigenvalue weighted by atomic mass is 10.1. The van der Waals surface area contributed by atoms with Crippen molar-refractivity contribution in [2.24, 2.45) is 0 Å². The first kappa shape index (κ1) is 11.4. The summed E-state index contributed by atoms with van der Waals surface area (Å²) >= 11 is 12.1. The van der Waals surface area contributed by atoms with Crippen molar-refractivity contribution in [2.75, 3.05) is 0 Å². The van der Waals surface area contributed by atoms with Gasteiger partial charge in [0, 0.05) is 17.4 Å². The van der Waals surface area contributed by atoms with Crippen LogP contribution in [0.5, 0.6) is 0 Å². The first-order chi connectivity index (χ1) is 7.75. The van der Waals surface area contributed by atoms with Gasteiger partial charge in [0.25, 0.3) is 0 Å². The van der Waals surface area contributed by atoms with Crippen LogP contribution in [0.25, 0.3) is 0 Å². The van der Waals surface area contributed by atoms with Gasteiger partial charge in [-0.3, -0.25) is 4.98 Å². The van der Waals surface area contributed by atoms with Crippen molar-refractivity contribution in [3.05, 3.63) is 64.9 Å². The Morgan fingerprint density at radius 2 is 1.88 bits per heavy atom. The fourth-order valence-corrected chi connectivity index (χ4v) is 1.94. The number of hydrogen-bond acceptors (Lipinski definition) is 1. The number of benzene rings is 1. The predicted octanol–water partition coefficient (Wildman–Crippen LogP) is 4.26. The van der Waals surface area contributed by atoms with Gasteiger partial charge in [0.1, 0.15) is 0 Å². The van der Waals surface area contributed by atoms with E-state index in [1.165, 1.54) is 5.56 Å². The van der Waals surface area contributed by atoms with Gasteiger partial charge in [-0.1, -0.05) is 29.8 Å². The van der Waals surface area contributed by atoms with Crippen molar-refractivity contribution in [2.45, 2.75) is 11.8 Å². The molecule has 1 aromatic heterocycles. The van der Waals surface area contributed by atoms with Gasteiger partial charge < -0.3 is 0 Å². The van der Waals surface area contributed by atoms with Gasteiger partial charge in [0.15, 0.2) is 0 Å². The summed E-state index contributed by atoms with van der Waals surface area (Å²) in [4.78, 5) is 4.06. The molecule has 1 unspecified atom stereocenters. The number of pyridine rings is 1. The Labute approximate surface area is 105 Å². The van der Waals surface area contributed by atoms with E-state index in [0.717, 1.165) is 17.0 Å². The Morgan fingerprint density at radius 3 is 2.50 bits per heavy atom. The summed E-state index contributed by atoms with van der Waals surface area (Å²) in [7, 11) is 0. The highest BCUT2D eigenvalue weighted by Gasteiger charge is 2.08. The van der Waals surface area contributed by atoms with E-state index in [1.54, 1.807) is 12.4 Å². The highest BCUT2D eigenvalue weighted by Crippen LogP contribution is 2.24. The molecule has 1 heterocycles. The summed E-state index contributed by atoms with van der Waals surface area (Å²) < 4.78 is 0. The lowest BCUT2D eigenvalue weighted by Crippen LogP contribution is -1.96. The standard InChI is InChI=1S/C13H11Cl2N/c14-12-5-3-10(4-6-12)8-13(15)11-2-1-7-16-9-11/h1-7,9,13H,8H2. The zero-order valence-electron chi connectivity index (χ0n) is 8.61. The summed E-state index contributed by atoms with van der Waals surface area (Å²) in [5.41, 5.74) is 2.22. The van der Waals surface area contributed by atoms with Crippen molar-refractivity contribution in [3.63, 3.8) is 0 Å². The summed E-state index contributed by atoms with van der Waals surface area (Å²) in [5.74, 6) is 0. The van der Waals surface area contributed by atoms with Crippen LogP contribution in [0, 0.1) is 0 Å². The molecule has 16 heavy (non-hydrogen) atoms. The molecular formula is C13H11Cl2N. The van der Waals surface area contributed by atoms with Gasteiger partial charge in [0.2, 0.25) is 0 Å². The summed E-state index contributed by atoms with van der Waals surface area (Å²) in [6.07, 6.45) is 4.33. The summed E-state index contributed by atoms with van der Waals surface area (Å²) in [6.45, 7) is 0. The van der Waals surface area contributed by atoms with Gasteiger partial charge in [-0.25, -0.2) is 0 Å². The van der Waals surface area contributed by atoms with Crippen molar-refractivity contribution in [3.8, 4) is 0 Å². The van der Waals surface area contributed by atoms with Gasteiger partial charge in [-0.2, -0.15) is 0 Å². The van der Waals surface area contributed by atoms with Crippen LogP contribution in [0.1, 0.15) is 16.5 Å². The van der Waals surface area contributed by atoms with Crippen molar-refractivity contribution in [1.29, 1.82) is 0 Å². The van der Waals surface area contributed by atoms with Gasteiger partial charge >= 0.3 is 0 Å².